The van der Waals surface area contributed by atoms with Gasteiger partial charge in [-0.3, -0.25) is 0 Å². The van der Waals surface area contributed by atoms with Crippen LogP contribution in [0.5, 0.6) is 0 Å². The molecule has 0 fully saturated rings. The molecule has 2 rings (SSSR count). The van der Waals surface area contributed by atoms with Gasteiger partial charge in [0.15, 0.2) is 5.16 Å². The SMILES string of the molecule is CSc1ncnn1Cc1c(C(=O)O)ccc(Cl)c1Cl. The Morgan fingerprint density at radius 2 is 2.21 bits per heavy atom. The van der Waals surface area contributed by atoms with E-state index in [1.807, 2.05) is 6.26 Å². The number of hydrogen-bond acceptors (Lipinski definition) is 4. The van der Waals surface area contributed by atoms with E-state index in [1.165, 1.54) is 30.2 Å². The fraction of sp³-hybridized carbons (Fsp3) is 0.182. The third kappa shape index (κ3) is 2.86. The van der Waals surface area contributed by atoms with Gasteiger partial charge in [0.05, 0.1) is 22.2 Å². The number of aromatic nitrogens is 3. The summed E-state index contributed by atoms with van der Waals surface area (Å²) < 4.78 is 1.58. The van der Waals surface area contributed by atoms with Crippen molar-refractivity contribution in [3.8, 4) is 0 Å². The molecule has 0 spiro atoms. The van der Waals surface area contributed by atoms with E-state index < -0.39 is 5.97 Å². The molecule has 100 valence electrons. The van der Waals surface area contributed by atoms with Crippen LogP contribution in [-0.2, 0) is 6.54 Å². The number of nitrogens with zero attached hydrogens (tertiary/aromatic N) is 3. The Morgan fingerprint density at radius 3 is 2.84 bits per heavy atom. The molecule has 0 atom stereocenters. The van der Waals surface area contributed by atoms with Gasteiger partial charge >= 0.3 is 5.97 Å². The normalized spacial score (nSPS) is 10.7. The first-order valence-corrected chi connectivity index (χ1v) is 7.14. The molecule has 0 amide bonds. The second-order valence-electron chi connectivity index (χ2n) is 3.60. The average Bonchev–Trinajstić information content (AvgIpc) is 2.82. The highest BCUT2D eigenvalue weighted by atomic mass is 35.5. The highest BCUT2D eigenvalue weighted by molar-refractivity contribution is 7.98. The van der Waals surface area contributed by atoms with Crippen LogP contribution in [0.15, 0.2) is 23.6 Å². The van der Waals surface area contributed by atoms with Crippen LogP contribution in [-0.4, -0.2) is 32.1 Å². The van der Waals surface area contributed by atoms with Crippen molar-refractivity contribution in [2.45, 2.75) is 11.7 Å². The Morgan fingerprint density at radius 1 is 1.47 bits per heavy atom. The number of rotatable bonds is 4. The van der Waals surface area contributed by atoms with Crippen LogP contribution >= 0.6 is 35.0 Å². The van der Waals surface area contributed by atoms with E-state index in [0.29, 0.717) is 15.7 Å². The van der Waals surface area contributed by atoms with Crippen molar-refractivity contribution in [3.05, 3.63) is 39.6 Å². The van der Waals surface area contributed by atoms with E-state index in [9.17, 15) is 9.90 Å². The summed E-state index contributed by atoms with van der Waals surface area (Å²) in [6, 6.07) is 2.90. The van der Waals surface area contributed by atoms with Gasteiger partial charge in [-0.05, 0) is 18.4 Å². The van der Waals surface area contributed by atoms with Gasteiger partial charge in [-0.1, -0.05) is 35.0 Å². The van der Waals surface area contributed by atoms with Crippen LogP contribution in [0.1, 0.15) is 15.9 Å². The van der Waals surface area contributed by atoms with Crippen molar-refractivity contribution < 1.29 is 9.90 Å². The Kier molecular flexibility index (Phi) is 4.34. The largest absolute Gasteiger partial charge is 0.478 e. The molecule has 2 aromatic rings. The van der Waals surface area contributed by atoms with E-state index >= 15 is 0 Å². The third-order valence-electron chi connectivity index (χ3n) is 2.50. The molecule has 1 aromatic heterocycles. The van der Waals surface area contributed by atoms with Gasteiger partial charge in [0, 0.05) is 5.56 Å². The van der Waals surface area contributed by atoms with E-state index in [1.54, 1.807) is 4.68 Å². The summed E-state index contributed by atoms with van der Waals surface area (Å²) in [6.07, 6.45) is 3.27. The van der Waals surface area contributed by atoms with Crippen LogP contribution < -0.4 is 0 Å². The van der Waals surface area contributed by atoms with Gasteiger partial charge in [-0.2, -0.15) is 5.10 Å². The number of benzene rings is 1. The molecule has 5 nitrogen and oxygen atoms in total. The first-order chi connectivity index (χ1) is 9.04. The molecule has 0 bridgehead atoms. The summed E-state index contributed by atoms with van der Waals surface area (Å²) in [5, 5.41) is 14.4. The maximum atomic E-state index is 11.2. The quantitative estimate of drug-likeness (QED) is 0.878. The Balaban J connectivity index is 2.49. The molecule has 0 saturated carbocycles. The lowest BCUT2D eigenvalue weighted by Crippen LogP contribution is -2.10. The molecule has 8 heteroatoms. The molecule has 0 unspecified atom stereocenters. The topological polar surface area (TPSA) is 68.0 Å². The summed E-state index contributed by atoms with van der Waals surface area (Å²) in [5.74, 6) is -1.06. The summed E-state index contributed by atoms with van der Waals surface area (Å²) in [4.78, 5) is 15.3. The van der Waals surface area contributed by atoms with Gasteiger partial charge < -0.3 is 5.11 Å². The molecule has 1 N–H and O–H groups in total. The molecule has 1 aromatic carbocycles. The average molecular weight is 318 g/mol. The summed E-state index contributed by atoms with van der Waals surface area (Å²) in [5.41, 5.74) is 0.527. The maximum Gasteiger partial charge on any atom is 0.336 e. The zero-order valence-corrected chi connectivity index (χ0v) is 12.1. The highest BCUT2D eigenvalue weighted by Gasteiger charge is 2.17. The number of aromatic carboxylic acids is 1. The van der Waals surface area contributed by atoms with E-state index in [0.717, 1.165) is 0 Å². The molecule has 1 heterocycles. The number of carboxylic acid groups (broad SMARTS) is 1. The number of carbonyl (C=O) groups is 1. The van der Waals surface area contributed by atoms with Crippen molar-refractivity contribution in [3.63, 3.8) is 0 Å². The first kappa shape index (κ1) is 14.2. The highest BCUT2D eigenvalue weighted by Crippen LogP contribution is 2.30. The molecular formula is C11H9Cl2N3O2S. The Hall–Kier alpha value is -1.24. The molecule has 0 aliphatic rings. The monoisotopic (exact) mass is 317 g/mol. The van der Waals surface area contributed by atoms with Crippen molar-refractivity contribution in [1.82, 2.24) is 14.8 Å². The van der Waals surface area contributed by atoms with Crippen molar-refractivity contribution in [2.24, 2.45) is 0 Å². The maximum absolute atomic E-state index is 11.2. The number of halogens is 2. The fourth-order valence-electron chi connectivity index (χ4n) is 1.62. The second kappa shape index (κ2) is 5.81. The lowest BCUT2D eigenvalue weighted by atomic mass is 10.1. The van der Waals surface area contributed by atoms with Gasteiger partial charge in [0.25, 0.3) is 0 Å². The number of carboxylic acids is 1. The van der Waals surface area contributed by atoms with Crippen LogP contribution in [0.4, 0.5) is 0 Å². The van der Waals surface area contributed by atoms with Crippen LogP contribution in [0.3, 0.4) is 0 Å². The van der Waals surface area contributed by atoms with Crippen molar-refractivity contribution in [1.29, 1.82) is 0 Å². The smallest absolute Gasteiger partial charge is 0.336 e. The Bertz CT molecular complexity index is 630. The van der Waals surface area contributed by atoms with Crippen LogP contribution in [0, 0.1) is 0 Å². The van der Waals surface area contributed by atoms with Gasteiger partial charge in [0.1, 0.15) is 6.33 Å². The first-order valence-electron chi connectivity index (χ1n) is 5.16. The molecule has 19 heavy (non-hydrogen) atoms. The summed E-state index contributed by atoms with van der Waals surface area (Å²) in [7, 11) is 0. The standard InChI is InChI=1S/C11H9Cl2N3O2S/c1-19-11-14-5-15-16(11)4-7-6(10(17)18)2-3-8(12)9(7)13/h2-3,5H,4H2,1H3,(H,17,18). The lowest BCUT2D eigenvalue weighted by molar-refractivity contribution is 0.0695. The van der Waals surface area contributed by atoms with Crippen LogP contribution in [0.2, 0.25) is 10.0 Å². The zero-order valence-electron chi connectivity index (χ0n) is 9.80. The predicted octanol–water partition coefficient (Wildman–Crippen LogP) is 3.05. The molecular weight excluding hydrogens is 309 g/mol. The second-order valence-corrected chi connectivity index (χ2v) is 5.16. The van der Waals surface area contributed by atoms with E-state index in [2.05, 4.69) is 10.1 Å². The number of hydrogen-bond donors (Lipinski definition) is 1. The number of thioether (sulfide) groups is 1. The molecule has 0 aliphatic heterocycles. The van der Waals surface area contributed by atoms with Gasteiger partial charge in [-0.15, -0.1) is 0 Å². The Labute approximate surface area is 123 Å². The van der Waals surface area contributed by atoms with Gasteiger partial charge in [-0.25, -0.2) is 14.5 Å². The van der Waals surface area contributed by atoms with Crippen LogP contribution in [0.25, 0.3) is 0 Å². The lowest BCUT2D eigenvalue weighted by Gasteiger charge is -2.11. The molecule has 0 saturated heterocycles. The molecule has 0 radical (unpaired) electrons. The minimum atomic E-state index is -1.06. The van der Waals surface area contributed by atoms with E-state index in [4.69, 9.17) is 23.2 Å². The third-order valence-corrected chi connectivity index (χ3v) is 4.02. The zero-order chi connectivity index (χ0) is 14.0. The van der Waals surface area contributed by atoms with Crippen molar-refractivity contribution >= 4 is 40.9 Å². The van der Waals surface area contributed by atoms with Crippen molar-refractivity contribution in [2.75, 3.05) is 6.26 Å². The predicted molar refractivity (Wildman–Crippen MR) is 74.3 cm³/mol. The minimum Gasteiger partial charge on any atom is -0.478 e. The van der Waals surface area contributed by atoms with Gasteiger partial charge in [0.2, 0.25) is 0 Å². The fourth-order valence-corrected chi connectivity index (χ4v) is 2.49. The minimum absolute atomic E-state index is 0.108. The summed E-state index contributed by atoms with van der Waals surface area (Å²) in [6.45, 7) is 0.206. The molecule has 0 aliphatic carbocycles. The van der Waals surface area contributed by atoms with E-state index in [-0.39, 0.29) is 17.1 Å². The summed E-state index contributed by atoms with van der Waals surface area (Å²) >= 11 is 13.4.